The molecule has 0 fully saturated rings. The van der Waals surface area contributed by atoms with Crippen molar-refractivity contribution in [3.8, 4) is 0 Å². The first-order valence-electron chi connectivity index (χ1n) is 3.36. The molecular formula is C6H12N2O3Si. The molecule has 0 rings (SSSR count). The van der Waals surface area contributed by atoms with Crippen molar-refractivity contribution < 1.29 is 13.5 Å². The van der Waals surface area contributed by atoms with Gasteiger partial charge in [0.15, 0.2) is 0 Å². The van der Waals surface area contributed by atoms with Gasteiger partial charge in [0.1, 0.15) is 0 Å². The second-order valence-corrected chi connectivity index (χ2v) is 2.64. The van der Waals surface area contributed by atoms with Crippen LogP contribution in [0.5, 0.6) is 0 Å². The van der Waals surface area contributed by atoms with Crippen LogP contribution >= 0.6 is 0 Å². The van der Waals surface area contributed by atoms with E-state index >= 15 is 0 Å². The number of hydrogen-bond donors (Lipinski definition) is 2. The lowest BCUT2D eigenvalue weighted by Gasteiger charge is -2.03. The molecular weight excluding hydrogens is 176 g/mol. The standard InChI is InChI=1S/C6H12N2O3Si/c1-3-5-7-10-12(9)11-8-6-4-2/h3-4,7-8H,1-2,5-6H2. The van der Waals surface area contributed by atoms with Crippen LogP contribution in [0, 0.1) is 0 Å². The lowest BCUT2D eigenvalue weighted by molar-refractivity contribution is 0.0774. The van der Waals surface area contributed by atoms with Gasteiger partial charge in [-0.05, 0) is 0 Å². The first kappa shape index (κ1) is 11.0. The Morgan fingerprint density at radius 1 is 1.17 bits per heavy atom. The largest absolute Gasteiger partial charge is 0.808 e. The van der Waals surface area contributed by atoms with Crippen LogP contribution in [0.25, 0.3) is 0 Å². The maximum atomic E-state index is 10.7. The Morgan fingerprint density at radius 2 is 1.58 bits per heavy atom. The molecule has 0 heterocycles. The van der Waals surface area contributed by atoms with Gasteiger partial charge in [-0.25, -0.2) is 0 Å². The van der Waals surface area contributed by atoms with Crippen molar-refractivity contribution in [1.82, 2.24) is 11.0 Å². The molecule has 0 aliphatic heterocycles. The Labute approximate surface area is 72.9 Å². The van der Waals surface area contributed by atoms with E-state index in [9.17, 15) is 4.46 Å². The number of rotatable bonds is 8. The van der Waals surface area contributed by atoms with E-state index in [2.05, 4.69) is 33.2 Å². The zero-order chi connectivity index (χ0) is 9.23. The fourth-order valence-corrected chi connectivity index (χ4v) is 0.784. The minimum absolute atomic E-state index is 0.418. The van der Waals surface area contributed by atoms with Gasteiger partial charge in [0.2, 0.25) is 0 Å². The molecule has 12 heavy (non-hydrogen) atoms. The molecule has 0 aliphatic rings. The van der Waals surface area contributed by atoms with Crippen molar-refractivity contribution in [2.75, 3.05) is 13.1 Å². The van der Waals surface area contributed by atoms with Crippen LogP contribution in [-0.4, -0.2) is 22.3 Å². The first-order chi connectivity index (χ1) is 5.81. The maximum absolute atomic E-state index is 10.7. The number of nitrogens with one attached hydrogen (secondary N) is 2. The molecule has 0 saturated carbocycles. The van der Waals surface area contributed by atoms with Crippen LogP contribution in [0.1, 0.15) is 0 Å². The third-order valence-electron chi connectivity index (χ3n) is 0.766. The summed E-state index contributed by atoms with van der Waals surface area (Å²) in [5.41, 5.74) is 4.77. The molecule has 0 unspecified atom stereocenters. The van der Waals surface area contributed by atoms with E-state index in [1.165, 1.54) is 0 Å². The van der Waals surface area contributed by atoms with Crippen molar-refractivity contribution in [3.63, 3.8) is 0 Å². The average Bonchev–Trinajstić information content (AvgIpc) is 2.06. The maximum Gasteiger partial charge on any atom is 0.808 e. The highest BCUT2D eigenvalue weighted by molar-refractivity contribution is 6.25. The summed E-state index contributed by atoms with van der Waals surface area (Å²) in [5, 5.41) is 0. The summed E-state index contributed by atoms with van der Waals surface area (Å²) in [6.45, 7) is 7.70. The molecule has 2 N–H and O–H groups in total. The van der Waals surface area contributed by atoms with Gasteiger partial charge in [0.05, 0.1) is 0 Å². The van der Waals surface area contributed by atoms with E-state index < -0.39 is 9.17 Å². The molecule has 5 nitrogen and oxygen atoms in total. The normalized spacial score (nSPS) is 8.67. The summed E-state index contributed by atoms with van der Waals surface area (Å²) in [7, 11) is -2.50. The zero-order valence-electron chi connectivity index (χ0n) is 6.71. The predicted molar refractivity (Wildman–Crippen MR) is 45.0 cm³/mol. The summed E-state index contributed by atoms with van der Waals surface area (Å²) in [6.07, 6.45) is 3.15. The Kier molecular flexibility index (Phi) is 7.45. The molecule has 6 heteroatoms. The monoisotopic (exact) mass is 188 g/mol. The molecule has 0 aromatic heterocycles. The van der Waals surface area contributed by atoms with Gasteiger partial charge in [0.25, 0.3) is 0 Å². The molecule has 0 radical (unpaired) electrons. The van der Waals surface area contributed by atoms with Crippen molar-refractivity contribution >= 4 is 9.17 Å². The van der Waals surface area contributed by atoms with Gasteiger partial charge in [-0.15, -0.1) is 13.2 Å². The molecule has 0 aromatic carbocycles. The Morgan fingerprint density at radius 3 is 1.92 bits per heavy atom. The molecule has 0 aromatic rings. The molecule has 0 spiro atoms. The highest BCUT2D eigenvalue weighted by Gasteiger charge is 2.09. The van der Waals surface area contributed by atoms with Crippen LogP contribution in [0.4, 0.5) is 0 Å². The molecule has 0 saturated heterocycles. The molecule has 0 amide bonds. The quantitative estimate of drug-likeness (QED) is 0.239. The number of hydroxylamine groups is 2. The second-order valence-electron chi connectivity index (χ2n) is 1.73. The van der Waals surface area contributed by atoms with E-state index in [1.54, 1.807) is 12.2 Å². The van der Waals surface area contributed by atoms with Crippen LogP contribution in [0.15, 0.2) is 25.3 Å². The van der Waals surface area contributed by atoms with Gasteiger partial charge in [0, 0.05) is 13.1 Å². The molecule has 68 valence electrons. The highest BCUT2D eigenvalue weighted by atomic mass is 28.3. The summed E-state index contributed by atoms with van der Waals surface area (Å²) < 4.78 is 19.8. The predicted octanol–water partition coefficient (Wildman–Crippen LogP) is -0.184. The van der Waals surface area contributed by atoms with Crippen molar-refractivity contribution in [2.45, 2.75) is 0 Å². The van der Waals surface area contributed by atoms with Gasteiger partial charge < -0.3 is 9.05 Å². The molecule has 0 bridgehead atoms. The van der Waals surface area contributed by atoms with E-state index in [4.69, 9.17) is 0 Å². The zero-order valence-corrected chi connectivity index (χ0v) is 7.71. The van der Waals surface area contributed by atoms with Crippen LogP contribution in [0.3, 0.4) is 0 Å². The van der Waals surface area contributed by atoms with E-state index in [-0.39, 0.29) is 0 Å². The van der Waals surface area contributed by atoms with Gasteiger partial charge in [-0.1, -0.05) is 12.2 Å². The summed E-state index contributed by atoms with van der Waals surface area (Å²) >= 11 is 0. The van der Waals surface area contributed by atoms with Crippen molar-refractivity contribution in [1.29, 1.82) is 0 Å². The minimum atomic E-state index is -2.50. The van der Waals surface area contributed by atoms with E-state index in [0.29, 0.717) is 13.1 Å². The molecule has 0 aliphatic carbocycles. The minimum Gasteiger partial charge on any atom is -0.403 e. The SMILES string of the molecule is C=CCNO[Si](=O)ONCC=C. The van der Waals surface area contributed by atoms with Gasteiger partial charge >= 0.3 is 9.17 Å². The third kappa shape index (κ3) is 7.13. The van der Waals surface area contributed by atoms with Gasteiger partial charge in [-0.3, -0.25) is 4.46 Å². The second kappa shape index (κ2) is 8.12. The van der Waals surface area contributed by atoms with Gasteiger partial charge in [-0.2, -0.15) is 11.0 Å². The fourth-order valence-electron chi connectivity index (χ4n) is 0.340. The van der Waals surface area contributed by atoms with Crippen LogP contribution < -0.4 is 11.0 Å². The summed E-state index contributed by atoms with van der Waals surface area (Å²) in [6, 6.07) is 0. The Hall–Kier alpha value is -0.983. The Balaban J connectivity index is 3.21. The fraction of sp³-hybridized carbons (Fsp3) is 0.333. The Bertz CT molecular complexity index is 147. The first-order valence-corrected chi connectivity index (χ1v) is 4.59. The summed E-state index contributed by atoms with van der Waals surface area (Å²) in [5.74, 6) is 0. The molecule has 0 atom stereocenters. The smallest absolute Gasteiger partial charge is 0.403 e. The van der Waals surface area contributed by atoms with E-state index in [1.807, 2.05) is 0 Å². The lowest BCUT2D eigenvalue weighted by atomic mass is 10.7. The lowest BCUT2D eigenvalue weighted by Crippen LogP contribution is -2.29. The van der Waals surface area contributed by atoms with Crippen molar-refractivity contribution in [2.24, 2.45) is 0 Å². The highest BCUT2D eigenvalue weighted by Crippen LogP contribution is 1.71. The average molecular weight is 188 g/mol. The number of hydrogen-bond acceptors (Lipinski definition) is 5. The van der Waals surface area contributed by atoms with Crippen LogP contribution in [0.2, 0.25) is 0 Å². The third-order valence-corrected chi connectivity index (χ3v) is 1.39. The van der Waals surface area contributed by atoms with Crippen LogP contribution in [-0.2, 0) is 13.5 Å². The summed E-state index contributed by atoms with van der Waals surface area (Å²) in [4.78, 5) is 0. The van der Waals surface area contributed by atoms with E-state index in [0.717, 1.165) is 0 Å². The van der Waals surface area contributed by atoms with Crippen molar-refractivity contribution in [3.05, 3.63) is 25.3 Å². The topological polar surface area (TPSA) is 59.6 Å².